The molecule has 6 heteroatoms. The maximum absolute atomic E-state index is 10.9. The molecule has 1 aromatic heterocycles. The van der Waals surface area contributed by atoms with Gasteiger partial charge in [0.1, 0.15) is 22.0 Å². The van der Waals surface area contributed by atoms with E-state index in [-0.39, 0.29) is 5.75 Å². The average molecular weight is 243 g/mol. The molecule has 0 aliphatic rings. The van der Waals surface area contributed by atoms with Crippen LogP contribution in [0.15, 0.2) is 12.4 Å². The second-order valence-corrected chi connectivity index (χ2v) is 5.92. The van der Waals surface area contributed by atoms with E-state index >= 15 is 0 Å². The predicted molar refractivity (Wildman–Crippen MR) is 64.2 cm³/mol. The Morgan fingerprint density at radius 3 is 2.75 bits per heavy atom. The van der Waals surface area contributed by atoms with Gasteiger partial charge in [-0.1, -0.05) is 6.92 Å². The maximum atomic E-state index is 10.9. The fraction of sp³-hybridized carbons (Fsp3) is 0.600. The summed E-state index contributed by atoms with van der Waals surface area (Å²) in [5.74, 6) is 0.950. The summed E-state index contributed by atoms with van der Waals surface area (Å²) in [5.41, 5.74) is 0.973. The Balaban J connectivity index is 2.37. The molecule has 1 heterocycles. The first-order valence-electron chi connectivity index (χ1n) is 5.24. The van der Waals surface area contributed by atoms with E-state index in [2.05, 4.69) is 15.3 Å². The van der Waals surface area contributed by atoms with Crippen molar-refractivity contribution in [2.24, 2.45) is 0 Å². The molecule has 5 nitrogen and oxygen atoms in total. The highest BCUT2D eigenvalue weighted by Crippen LogP contribution is 2.04. The molecule has 0 amide bonds. The van der Waals surface area contributed by atoms with Crippen LogP contribution in [0.4, 0.5) is 5.82 Å². The highest BCUT2D eigenvalue weighted by Gasteiger charge is 2.01. The highest BCUT2D eigenvalue weighted by molar-refractivity contribution is 7.90. The molecule has 90 valence electrons. The van der Waals surface area contributed by atoms with Crippen molar-refractivity contribution in [3.8, 4) is 0 Å². The maximum Gasteiger partial charge on any atom is 0.147 e. The summed E-state index contributed by atoms with van der Waals surface area (Å²) in [6.45, 7) is 2.63. The van der Waals surface area contributed by atoms with Gasteiger partial charge in [0.15, 0.2) is 0 Å². The monoisotopic (exact) mass is 243 g/mol. The van der Waals surface area contributed by atoms with Gasteiger partial charge < -0.3 is 5.32 Å². The topological polar surface area (TPSA) is 72.0 Å². The van der Waals surface area contributed by atoms with Crippen LogP contribution in [-0.4, -0.2) is 36.9 Å². The Kier molecular flexibility index (Phi) is 4.67. The van der Waals surface area contributed by atoms with Crippen LogP contribution >= 0.6 is 0 Å². The number of hydrogen-bond acceptors (Lipinski definition) is 5. The van der Waals surface area contributed by atoms with Gasteiger partial charge in [0.2, 0.25) is 0 Å². The lowest BCUT2D eigenvalue weighted by atomic mass is 10.3. The fourth-order valence-corrected chi connectivity index (χ4v) is 1.91. The van der Waals surface area contributed by atoms with Gasteiger partial charge in [-0.15, -0.1) is 0 Å². The standard InChI is InChI=1S/C10H17N3O2S/c1-3-9-7-10(13-8-12-9)11-5-4-6-16(2,14)15/h7-8H,3-6H2,1-2H3,(H,11,12,13). The van der Waals surface area contributed by atoms with Crippen LogP contribution in [0.3, 0.4) is 0 Å². The van der Waals surface area contributed by atoms with E-state index in [4.69, 9.17) is 0 Å². The minimum atomic E-state index is -2.86. The first-order valence-corrected chi connectivity index (χ1v) is 7.30. The first kappa shape index (κ1) is 12.9. The lowest BCUT2D eigenvalue weighted by molar-refractivity contribution is 0.600. The number of nitrogens with zero attached hydrogens (tertiary/aromatic N) is 2. The molecule has 0 radical (unpaired) electrons. The largest absolute Gasteiger partial charge is 0.370 e. The summed E-state index contributed by atoms with van der Waals surface area (Å²) in [6.07, 6.45) is 4.20. The van der Waals surface area contributed by atoms with E-state index in [1.165, 1.54) is 12.6 Å². The average Bonchev–Trinajstić information content (AvgIpc) is 2.23. The van der Waals surface area contributed by atoms with Crippen LogP contribution in [0.2, 0.25) is 0 Å². The van der Waals surface area contributed by atoms with Gasteiger partial charge in [0.25, 0.3) is 0 Å². The molecule has 0 spiro atoms. The number of rotatable bonds is 6. The molecule has 16 heavy (non-hydrogen) atoms. The predicted octanol–water partition coefficient (Wildman–Crippen LogP) is 0.886. The molecule has 0 atom stereocenters. The molecule has 0 bridgehead atoms. The normalized spacial score (nSPS) is 11.4. The Morgan fingerprint density at radius 2 is 2.12 bits per heavy atom. The van der Waals surface area contributed by atoms with Gasteiger partial charge in [-0.05, 0) is 12.8 Å². The van der Waals surface area contributed by atoms with Crippen molar-refractivity contribution >= 4 is 15.7 Å². The SMILES string of the molecule is CCc1cc(NCCCS(C)(=O)=O)ncn1. The molecule has 0 saturated heterocycles. The number of aromatic nitrogens is 2. The number of anilines is 1. The van der Waals surface area contributed by atoms with Crippen molar-refractivity contribution in [1.29, 1.82) is 0 Å². The number of sulfone groups is 1. The Hall–Kier alpha value is -1.17. The molecule has 0 fully saturated rings. The Bertz CT molecular complexity index is 431. The number of nitrogens with one attached hydrogen (secondary N) is 1. The van der Waals surface area contributed by atoms with E-state index < -0.39 is 9.84 Å². The summed E-state index contributed by atoms with van der Waals surface area (Å²) in [4.78, 5) is 8.13. The molecule has 1 rings (SSSR count). The Labute approximate surface area is 96.2 Å². The van der Waals surface area contributed by atoms with Crippen molar-refractivity contribution in [2.45, 2.75) is 19.8 Å². The van der Waals surface area contributed by atoms with Crippen molar-refractivity contribution < 1.29 is 8.42 Å². The summed E-state index contributed by atoms with van der Waals surface area (Å²) < 4.78 is 21.8. The third kappa shape index (κ3) is 5.06. The lowest BCUT2D eigenvalue weighted by Crippen LogP contribution is -2.10. The minimum Gasteiger partial charge on any atom is -0.370 e. The molecule has 0 unspecified atom stereocenters. The molecule has 1 aromatic rings. The molecule has 0 aromatic carbocycles. The van der Waals surface area contributed by atoms with Gasteiger partial charge >= 0.3 is 0 Å². The second kappa shape index (κ2) is 5.79. The van der Waals surface area contributed by atoms with E-state index in [9.17, 15) is 8.42 Å². The molecule has 0 aliphatic carbocycles. The van der Waals surface area contributed by atoms with Crippen LogP contribution in [0.1, 0.15) is 19.0 Å². The molecule has 1 N–H and O–H groups in total. The van der Waals surface area contributed by atoms with Gasteiger partial charge in [0, 0.05) is 24.6 Å². The number of hydrogen-bond donors (Lipinski definition) is 1. The third-order valence-electron chi connectivity index (χ3n) is 2.08. The Morgan fingerprint density at radius 1 is 1.38 bits per heavy atom. The van der Waals surface area contributed by atoms with Crippen molar-refractivity contribution in [3.63, 3.8) is 0 Å². The molecular weight excluding hydrogens is 226 g/mol. The van der Waals surface area contributed by atoms with E-state index in [0.717, 1.165) is 17.9 Å². The smallest absolute Gasteiger partial charge is 0.147 e. The van der Waals surface area contributed by atoms with Crippen LogP contribution in [0.25, 0.3) is 0 Å². The summed E-state index contributed by atoms with van der Waals surface area (Å²) in [6, 6.07) is 1.88. The van der Waals surface area contributed by atoms with Crippen LogP contribution in [-0.2, 0) is 16.3 Å². The van der Waals surface area contributed by atoms with Gasteiger partial charge in [-0.25, -0.2) is 18.4 Å². The highest BCUT2D eigenvalue weighted by atomic mass is 32.2. The van der Waals surface area contributed by atoms with Crippen LogP contribution < -0.4 is 5.32 Å². The van der Waals surface area contributed by atoms with Crippen molar-refractivity contribution in [2.75, 3.05) is 23.9 Å². The van der Waals surface area contributed by atoms with Gasteiger partial charge in [0.05, 0.1) is 5.75 Å². The number of aryl methyl sites for hydroxylation is 1. The molecule has 0 aliphatic heterocycles. The first-order chi connectivity index (χ1) is 7.51. The summed E-state index contributed by atoms with van der Waals surface area (Å²) >= 11 is 0. The molecular formula is C10H17N3O2S. The zero-order chi connectivity index (χ0) is 12.0. The quantitative estimate of drug-likeness (QED) is 0.751. The van der Waals surface area contributed by atoms with E-state index in [0.29, 0.717) is 13.0 Å². The zero-order valence-corrected chi connectivity index (χ0v) is 10.4. The zero-order valence-electron chi connectivity index (χ0n) is 9.60. The minimum absolute atomic E-state index is 0.200. The third-order valence-corrected chi connectivity index (χ3v) is 3.11. The van der Waals surface area contributed by atoms with Crippen LogP contribution in [0, 0.1) is 0 Å². The summed E-state index contributed by atoms with van der Waals surface area (Å²) in [5, 5.41) is 3.08. The fourth-order valence-electron chi connectivity index (χ4n) is 1.24. The van der Waals surface area contributed by atoms with Gasteiger partial charge in [-0.3, -0.25) is 0 Å². The van der Waals surface area contributed by atoms with Crippen LogP contribution in [0.5, 0.6) is 0 Å². The van der Waals surface area contributed by atoms with Crippen molar-refractivity contribution in [1.82, 2.24) is 9.97 Å². The van der Waals surface area contributed by atoms with E-state index in [1.807, 2.05) is 13.0 Å². The van der Waals surface area contributed by atoms with Gasteiger partial charge in [-0.2, -0.15) is 0 Å². The van der Waals surface area contributed by atoms with E-state index in [1.54, 1.807) is 0 Å². The lowest BCUT2D eigenvalue weighted by Gasteiger charge is -2.05. The second-order valence-electron chi connectivity index (χ2n) is 3.66. The molecule has 0 saturated carbocycles. The summed E-state index contributed by atoms with van der Waals surface area (Å²) in [7, 11) is -2.86. The van der Waals surface area contributed by atoms with Crippen molar-refractivity contribution in [3.05, 3.63) is 18.1 Å².